The van der Waals surface area contributed by atoms with Crippen LogP contribution >= 0.6 is 0 Å². The van der Waals surface area contributed by atoms with Gasteiger partial charge in [0.15, 0.2) is 0 Å². The SMILES string of the molecule is N#C[Se]C1CCCC2C3NC4NC(NC5NC(NC6NC(NC(N3)C12)C1CCCCC61)C1CCCCC51)C1CCCCC41. The first-order valence-corrected chi connectivity index (χ1v) is 20.2. The fourth-order valence-electron chi connectivity index (χ4n) is 12.2. The molecule has 0 radical (unpaired) electrons. The van der Waals surface area contributed by atoms with Crippen LogP contribution in [0.3, 0.4) is 0 Å². The molecule has 0 amide bonds. The van der Waals surface area contributed by atoms with Crippen molar-refractivity contribution in [1.82, 2.24) is 42.5 Å². The molecule has 9 nitrogen and oxygen atoms in total. The standard InChI is InChI=1S/C33H55N9Se/c34-16-43-24-15-7-14-23-25(24)33-41-31-22-13-6-5-12-21(22)29(39-31)37-27-18-9-2-1-8-17(18)26(35-27)36-28-19-10-3-4-11-20(19)30(38-28)40-32(23)42-33/h17-33,35-42H,1-15H2. The number of rotatable bonds is 1. The predicted molar refractivity (Wildman–Crippen MR) is 168 cm³/mol. The van der Waals surface area contributed by atoms with Crippen molar-refractivity contribution >= 4 is 15.0 Å². The molecule has 43 heavy (non-hydrogen) atoms. The van der Waals surface area contributed by atoms with E-state index in [-0.39, 0.29) is 21.1 Å². The van der Waals surface area contributed by atoms with Crippen LogP contribution in [0.4, 0.5) is 0 Å². The summed E-state index contributed by atoms with van der Waals surface area (Å²) in [5.74, 6) is 5.32. The summed E-state index contributed by atoms with van der Waals surface area (Å²) in [6.45, 7) is 0. The van der Waals surface area contributed by atoms with Crippen molar-refractivity contribution < 1.29 is 0 Å². The van der Waals surface area contributed by atoms with Crippen molar-refractivity contribution in [2.24, 2.45) is 47.3 Å². The van der Waals surface area contributed by atoms with Crippen LogP contribution in [0.25, 0.3) is 0 Å². The number of nitrogens with one attached hydrogen (secondary N) is 8. The van der Waals surface area contributed by atoms with Crippen LogP contribution in [0.15, 0.2) is 0 Å². The van der Waals surface area contributed by atoms with Crippen LogP contribution < -0.4 is 42.5 Å². The minimum atomic E-state index is 0.0513. The molecule has 17 atom stereocenters. The summed E-state index contributed by atoms with van der Waals surface area (Å²) in [6, 6.07) is 0. The normalized spacial score (nSPS) is 55.9. The van der Waals surface area contributed by atoms with Gasteiger partial charge in [-0.05, 0) is 0 Å². The van der Waals surface area contributed by atoms with Crippen molar-refractivity contribution in [3.8, 4) is 4.97 Å². The van der Waals surface area contributed by atoms with E-state index in [9.17, 15) is 5.26 Å². The van der Waals surface area contributed by atoms with Gasteiger partial charge in [-0.3, -0.25) is 0 Å². The van der Waals surface area contributed by atoms with Crippen molar-refractivity contribution in [2.75, 3.05) is 0 Å². The summed E-state index contributed by atoms with van der Waals surface area (Å²) >= 11 is 0.0513. The average molecular weight is 657 g/mol. The van der Waals surface area contributed by atoms with Crippen LogP contribution in [0, 0.1) is 57.6 Å². The molecule has 8 N–H and O–H groups in total. The second kappa shape index (κ2) is 12.0. The maximum absolute atomic E-state index is 9.86. The molecule has 5 heterocycles. The summed E-state index contributed by atoms with van der Waals surface area (Å²) in [5, 5.41) is 43.6. The summed E-state index contributed by atoms with van der Waals surface area (Å²) in [7, 11) is 0. The van der Waals surface area contributed by atoms with Gasteiger partial charge >= 0.3 is 259 Å². The molecule has 4 aliphatic carbocycles. The van der Waals surface area contributed by atoms with Crippen LogP contribution in [0.1, 0.15) is 96.3 Å². The second-order valence-corrected chi connectivity index (χ2v) is 18.1. The van der Waals surface area contributed by atoms with Crippen LogP contribution in [-0.4, -0.2) is 64.3 Å². The van der Waals surface area contributed by atoms with Crippen LogP contribution in [-0.2, 0) is 0 Å². The zero-order valence-corrected chi connectivity index (χ0v) is 27.5. The third kappa shape index (κ3) is 5.08. The Kier molecular flexibility index (Phi) is 8.09. The Morgan fingerprint density at radius 2 is 0.674 bits per heavy atom. The quantitative estimate of drug-likeness (QED) is 0.201. The summed E-state index contributed by atoms with van der Waals surface area (Å²) in [4.78, 5) is 3.20. The molecular weight excluding hydrogens is 601 g/mol. The molecule has 9 aliphatic rings. The molecule has 9 rings (SSSR count). The van der Waals surface area contributed by atoms with Gasteiger partial charge in [-0.25, -0.2) is 0 Å². The third-order valence-corrected chi connectivity index (χ3v) is 16.0. The molecule has 238 valence electrons. The van der Waals surface area contributed by atoms with E-state index in [0.717, 1.165) is 5.92 Å². The molecule has 0 aromatic heterocycles. The molecule has 5 saturated heterocycles. The Morgan fingerprint density at radius 1 is 0.372 bits per heavy atom. The van der Waals surface area contributed by atoms with E-state index in [4.69, 9.17) is 0 Å². The van der Waals surface area contributed by atoms with Crippen molar-refractivity contribution in [2.45, 2.75) is 150 Å². The van der Waals surface area contributed by atoms with E-state index in [1.54, 1.807) is 0 Å². The minimum absolute atomic E-state index is 0.0513. The average Bonchev–Trinajstić information content (AvgIpc) is 3.77. The fraction of sp³-hybridized carbons (Fsp3) is 0.970. The molecule has 4 saturated carbocycles. The Hall–Kier alpha value is -0.311. The van der Waals surface area contributed by atoms with Crippen molar-refractivity contribution in [3.63, 3.8) is 0 Å². The van der Waals surface area contributed by atoms with Gasteiger partial charge in [0.25, 0.3) is 0 Å². The molecular formula is C33H55N9Se. The van der Waals surface area contributed by atoms with Crippen LogP contribution in [0.2, 0.25) is 4.82 Å². The van der Waals surface area contributed by atoms with Gasteiger partial charge in [-0.1, -0.05) is 6.42 Å². The van der Waals surface area contributed by atoms with E-state index < -0.39 is 0 Å². The number of nitrogens with zero attached hydrogens (tertiary/aromatic N) is 1. The van der Waals surface area contributed by atoms with Gasteiger partial charge < -0.3 is 0 Å². The Labute approximate surface area is 264 Å². The monoisotopic (exact) mass is 657 g/mol. The Morgan fingerprint density at radius 3 is 1.02 bits per heavy atom. The third-order valence-electron chi connectivity index (χ3n) is 14.0. The van der Waals surface area contributed by atoms with E-state index in [0.29, 0.717) is 89.4 Å². The van der Waals surface area contributed by atoms with Crippen LogP contribution in [0.5, 0.6) is 0 Å². The number of hydrogen-bond acceptors (Lipinski definition) is 9. The van der Waals surface area contributed by atoms with Crippen molar-refractivity contribution in [3.05, 3.63) is 0 Å². The van der Waals surface area contributed by atoms with E-state index >= 15 is 0 Å². The van der Waals surface area contributed by atoms with E-state index in [1.165, 1.54) is 96.3 Å². The topological polar surface area (TPSA) is 120 Å². The number of fused-ring (bicyclic) bond motifs is 20. The maximum atomic E-state index is 9.86. The van der Waals surface area contributed by atoms with Gasteiger partial charge in [0.05, 0.1) is 0 Å². The predicted octanol–water partition coefficient (Wildman–Crippen LogP) is 2.19. The molecule has 5 aliphatic heterocycles. The summed E-state index contributed by atoms with van der Waals surface area (Å²) < 4.78 is 0. The first-order chi connectivity index (χ1) is 21.2. The summed E-state index contributed by atoms with van der Waals surface area (Å²) in [6.07, 6.45) is 22.8. The van der Waals surface area contributed by atoms with Gasteiger partial charge in [0.2, 0.25) is 0 Å². The first-order valence-electron chi connectivity index (χ1n) is 18.4. The molecule has 9 fully saturated rings. The summed E-state index contributed by atoms with van der Waals surface area (Å²) in [5.41, 5.74) is 0. The Bertz CT molecular complexity index is 1050. The van der Waals surface area contributed by atoms with Gasteiger partial charge in [0.1, 0.15) is 0 Å². The van der Waals surface area contributed by atoms with Gasteiger partial charge in [-0.15, -0.1) is 0 Å². The molecule has 17 unspecified atom stereocenters. The molecule has 8 bridgehead atoms. The fourth-order valence-corrected chi connectivity index (χ4v) is 14.2. The van der Waals surface area contributed by atoms with Crippen molar-refractivity contribution in [1.29, 1.82) is 5.26 Å². The number of nitriles is 1. The zero-order valence-electron chi connectivity index (χ0n) is 25.8. The van der Waals surface area contributed by atoms with E-state index in [1.807, 2.05) is 0 Å². The zero-order chi connectivity index (χ0) is 28.5. The molecule has 0 spiro atoms. The molecule has 10 heteroatoms. The van der Waals surface area contributed by atoms with Gasteiger partial charge in [-0.2, -0.15) is 0 Å². The van der Waals surface area contributed by atoms with Gasteiger partial charge in [0, 0.05) is 0 Å². The molecule has 0 aromatic rings. The molecule has 0 aromatic carbocycles. The number of hydrogen-bond donors (Lipinski definition) is 8. The Balaban J connectivity index is 1.06. The second-order valence-electron chi connectivity index (χ2n) is 15.9. The van der Waals surface area contributed by atoms with E-state index in [2.05, 4.69) is 47.5 Å². The first kappa shape index (κ1) is 28.9.